The van der Waals surface area contributed by atoms with Crippen molar-refractivity contribution in [2.75, 3.05) is 26.7 Å². The van der Waals surface area contributed by atoms with Gasteiger partial charge in [0.2, 0.25) is 5.91 Å². The number of hydrogen-bond acceptors (Lipinski definition) is 4. The molecule has 1 spiro atoms. The highest BCUT2D eigenvalue weighted by Crippen LogP contribution is 2.40. The van der Waals surface area contributed by atoms with Crippen LogP contribution in [0.1, 0.15) is 38.3 Å². The van der Waals surface area contributed by atoms with Crippen molar-refractivity contribution in [3.05, 3.63) is 30.1 Å². The number of likely N-dealkylation sites (tertiary alicyclic amines) is 2. The highest BCUT2D eigenvalue weighted by Gasteiger charge is 2.42. The van der Waals surface area contributed by atoms with Crippen LogP contribution < -0.4 is 0 Å². The second-order valence-electron chi connectivity index (χ2n) is 7.27. The van der Waals surface area contributed by atoms with Crippen molar-refractivity contribution in [2.24, 2.45) is 5.41 Å². The topological polar surface area (TPSA) is 62.7 Å². The van der Waals surface area contributed by atoms with Gasteiger partial charge in [-0.25, -0.2) is 0 Å². The summed E-state index contributed by atoms with van der Waals surface area (Å²) < 4.78 is 5.15. The number of rotatable bonds is 4. The van der Waals surface area contributed by atoms with Crippen LogP contribution in [0.5, 0.6) is 0 Å². The molecule has 2 aliphatic rings. The molecule has 2 saturated heterocycles. The fourth-order valence-corrected chi connectivity index (χ4v) is 3.90. The summed E-state index contributed by atoms with van der Waals surface area (Å²) in [7, 11) is 1.57. The average Bonchev–Trinajstić information content (AvgIpc) is 2.65. The number of piperidine rings is 2. The minimum Gasteiger partial charge on any atom is -0.372 e. The first-order chi connectivity index (χ1) is 12.0. The van der Waals surface area contributed by atoms with E-state index in [2.05, 4.69) is 4.98 Å². The van der Waals surface area contributed by atoms with E-state index in [0.29, 0.717) is 13.0 Å². The van der Waals surface area contributed by atoms with E-state index < -0.39 is 0 Å². The molecule has 2 fully saturated rings. The lowest BCUT2D eigenvalue weighted by atomic mass is 9.72. The summed E-state index contributed by atoms with van der Waals surface area (Å²) in [6.45, 7) is 4.63. The molecular formula is C19H27N3O3. The van der Waals surface area contributed by atoms with Gasteiger partial charge in [0, 0.05) is 39.4 Å². The Morgan fingerprint density at radius 3 is 2.72 bits per heavy atom. The number of aromatic nitrogens is 1. The summed E-state index contributed by atoms with van der Waals surface area (Å²) in [6.07, 6.45) is 4.78. The number of ether oxygens (including phenoxy) is 1. The number of nitrogens with zero attached hydrogens (tertiary/aromatic N) is 3. The van der Waals surface area contributed by atoms with E-state index in [-0.39, 0.29) is 23.3 Å². The van der Waals surface area contributed by atoms with Crippen molar-refractivity contribution >= 4 is 11.8 Å². The number of pyridine rings is 1. The second-order valence-corrected chi connectivity index (χ2v) is 7.27. The van der Waals surface area contributed by atoms with E-state index >= 15 is 0 Å². The van der Waals surface area contributed by atoms with E-state index in [1.54, 1.807) is 20.2 Å². The fourth-order valence-electron chi connectivity index (χ4n) is 3.90. The molecule has 2 amide bonds. The molecule has 2 aliphatic heterocycles. The zero-order valence-electron chi connectivity index (χ0n) is 15.1. The lowest BCUT2D eigenvalue weighted by molar-refractivity contribution is -0.147. The molecule has 136 valence electrons. The van der Waals surface area contributed by atoms with Crippen molar-refractivity contribution in [3.8, 4) is 0 Å². The first kappa shape index (κ1) is 17.9. The summed E-state index contributed by atoms with van der Waals surface area (Å²) in [5.41, 5.74) is 1.06. The lowest BCUT2D eigenvalue weighted by Gasteiger charge is -2.47. The molecule has 1 aromatic rings. The van der Waals surface area contributed by atoms with Gasteiger partial charge in [-0.05, 0) is 43.7 Å². The molecule has 3 rings (SSSR count). The molecule has 6 nitrogen and oxygen atoms in total. The summed E-state index contributed by atoms with van der Waals surface area (Å²) in [5, 5.41) is 0. The van der Waals surface area contributed by atoms with E-state index in [0.717, 1.165) is 44.6 Å². The van der Waals surface area contributed by atoms with Crippen molar-refractivity contribution in [1.82, 2.24) is 14.8 Å². The van der Waals surface area contributed by atoms with Gasteiger partial charge in [-0.1, -0.05) is 6.07 Å². The molecule has 0 bridgehead atoms. The fraction of sp³-hybridized carbons (Fsp3) is 0.632. The van der Waals surface area contributed by atoms with Gasteiger partial charge in [-0.2, -0.15) is 0 Å². The molecule has 1 atom stereocenters. The van der Waals surface area contributed by atoms with E-state index in [9.17, 15) is 9.59 Å². The molecule has 0 aromatic carbocycles. The van der Waals surface area contributed by atoms with Crippen LogP contribution >= 0.6 is 0 Å². The minimum absolute atomic E-state index is 0.0644. The summed E-state index contributed by atoms with van der Waals surface area (Å²) in [6, 6.07) is 5.80. The van der Waals surface area contributed by atoms with Crippen LogP contribution in [0.3, 0.4) is 0 Å². The van der Waals surface area contributed by atoms with Crippen LogP contribution in [0, 0.1) is 5.41 Å². The number of carbonyl (C=O) groups excluding carboxylic acids is 2. The van der Waals surface area contributed by atoms with Gasteiger partial charge in [-0.15, -0.1) is 0 Å². The second kappa shape index (κ2) is 7.52. The Kier molecular flexibility index (Phi) is 5.37. The van der Waals surface area contributed by atoms with Crippen LogP contribution in [0.4, 0.5) is 0 Å². The molecule has 1 aromatic heterocycles. The molecule has 0 saturated carbocycles. The molecule has 0 radical (unpaired) electrons. The van der Waals surface area contributed by atoms with Crippen molar-refractivity contribution in [1.29, 1.82) is 0 Å². The maximum Gasteiger partial charge on any atom is 0.251 e. The largest absolute Gasteiger partial charge is 0.372 e. The zero-order valence-corrected chi connectivity index (χ0v) is 15.1. The zero-order chi connectivity index (χ0) is 17.9. The Hall–Kier alpha value is -1.95. The van der Waals surface area contributed by atoms with Gasteiger partial charge in [-0.3, -0.25) is 14.6 Å². The maximum atomic E-state index is 12.3. The van der Waals surface area contributed by atoms with Crippen LogP contribution in [0.15, 0.2) is 24.4 Å². The van der Waals surface area contributed by atoms with E-state index in [1.165, 1.54) is 0 Å². The smallest absolute Gasteiger partial charge is 0.251 e. The lowest BCUT2D eigenvalue weighted by Crippen LogP contribution is -2.53. The highest BCUT2D eigenvalue weighted by molar-refractivity contribution is 5.80. The molecule has 25 heavy (non-hydrogen) atoms. The predicted molar refractivity (Wildman–Crippen MR) is 93.6 cm³/mol. The van der Waals surface area contributed by atoms with Gasteiger partial charge in [0.25, 0.3) is 5.91 Å². The first-order valence-corrected chi connectivity index (χ1v) is 9.02. The van der Waals surface area contributed by atoms with Gasteiger partial charge < -0.3 is 14.5 Å². The number of amides is 2. The molecule has 0 aliphatic carbocycles. The minimum atomic E-state index is -0.386. The number of carbonyl (C=O) groups is 2. The molecular weight excluding hydrogens is 318 g/mol. The maximum absolute atomic E-state index is 12.3. The van der Waals surface area contributed by atoms with Crippen molar-refractivity contribution in [3.63, 3.8) is 0 Å². The Labute approximate surface area is 149 Å². The third-order valence-corrected chi connectivity index (χ3v) is 5.66. The van der Waals surface area contributed by atoms with Crippen LogP contribution in [0.2, 0.25) is 0 Å². The predicted octanol–water partition coefficient (Wildman–Crippen LogP) is 1.85. The number of hydrogen-bond donors (Lipinski definition) is 0. The van der Waals surface area contributed by atoms with Gasteiger partial charge in [0.1, 0.15) is 6.10 Å². The molecule has 0 unspecified atom stereocenters. The summed E-state index contributed by atoms with van der Waals surface area (Å²) >= 11 is 0. The Bertz CT molecular complexity index is 612. The standard InChI is InChI=1S/C19H27N3O3/c1-15(25-2)18(24)21-11-8-19(9-12-21)7-6-17(23)22(14-19)13-16-5-3-4-10-20-16/h3-5,10,15H,6-9,11-14H2,1-2H3/t15-/m1/s1. The molecule has 0 N–H and O–H groups in total. The van der Waals surface area contributed by atoms with Crippen molar-refractivity contribution < 1.29 is 14.3 Å². The van der Waals surface area contributed by atoms with Crippen LogP contribution in [0.25, 0.3) is 0 Å². The Morgan fingerprint density at radius 2 is 2.08 bits per heavy atom. The summed E-state index contributed by atoms with van der Waals surface area (Å²) in [4.78, 5) is 32.8. The first-order valence-electron chi connectivity index (χ1n) is 9.02. The Morgan fingerprint density at radius 1 is 1.32 bits per heavy atom. The third kappa shape index (κ3) is 4.00. The number of methoxy groups -OCH3 is 1. The van der Waals surface area contributed by atoms with Gasteiger partial charge in [0.05, 0.1) is 12.2 Å². The third-order valence-electron chi connectivity index (χ3n) is 5.66. The summed E-state index contributed by atoms with van der Waals surface area (Å²) in [5.74, 6) is 0.275. The van der Waals surface area contributed by atoms with E-state index in [1.807, 2.05) is 28.0 Å². The molecule has 3 heterocycles. The molecule has 6 heteroatoms. The van der Waals surface area contributed by atoms with Crippen molar-refractivity contribution in [2.45, 2.75) is 45.3 Å². The van der Waals surface area contributed by atoms with Crippen LogP contribution in [-0.4, -0.2) is 59.4 Å². The van der Waals surface area contributed by atoms with Gasteiger partial charge in [0.15, 0.2) is 0 Å². The SMILES string of the molecule is CO[C@H](C)C(=O)N1CCC2(CCC(=O)N(Cc3ccccn3)C2)CC1. The average molecular weight is 345 g/mol. The monoisotopic (exact) mass is 345 g/mol. The highest BCUT2D eigenvalue weighted by atomic mass is 16.5. The van der Waals surface area contributed by atoms with Crippen LogP contribution in [-0.2, 0) is 20.9 Å². The normalized spacial score (nSPS) is 21.4. The Balaban J connectivity index is 1.61. The van der Waals surface area contributed by atoms with Gasteiger partial charge >= 0.3 is 0 Å². The quantitative estimate of drug-likeness (QED) is 0.835. The van der Waals surface area contributed by atoms with E-state index in [4.69, 9.17) is 4.74 Å².